The summed E-state index contributed by atoms with van der Waals surface area (Å²) in [5, 5.41) is 7.11. The van der Waals surface area contributed by atoms with Gasteiger partial charge in [0.1, 0.15) is 5.75 Å². The van der Waals surface area contributed by atoms with E-state index in [4.69, 9.17) is 25.8 Å². The van der Waals surface area contributed by atoms with Crippen molar-refractivity contribution in [3.05, 3.63) is 47.0 Å². The first-order valence-corrected chi connectivity index (χ1v) is 8.58. The molecule has 0 amide bonds. The zero-order valence-corrected chi connectivity index (χ0v) is 16.2. The van der Waals surface area contributed by atoms with Crippen molar-refractivity contribution in [2.75, 3.05) is 33.2 Å². The third-order valence-electron chi connectivity index (χ3n) is 3.65. The summed E-state index contributed by atoms with van der Waals surface area (Å²) in [4.78, 5) is 4.61. The monoisotopic (exact) mass is 377 g/mol. The van der Waals surface area contributed by atoms with Crippen LogP contribution in [0.1, 0.15) is 12.5 Å². The lowest BCUT2D eigenvalue weighted by Crippen LogP contribution is -2.30. The first-order chi connectivity index (χ1) is 12.6. The van der Waals surface area contributed by atoms with Gasteiger partial charge in [0.25, 0.3) is 0 Å². The van der Waals surface area contributed by atoms with E-state index < -0.39 is 0 Å². The zero-order valence-electron chi connectivity index (χ0n) is 15.4. The van der Waals surface area contributed by atoms with Gasteiger partial charge in [-0.15, -0.1) is 0 Å². The summed E-state index contributed by atoms with van der Waals surface area (Å²) in [6.45, 7) is 3.19. The average molecular weight is 378 g/mol. The Kier molecular flexibility index (Phi) is 7.41. The van der Waals surface area contributed by atoms with Crippen LogP contribution in [0.2, 0.25) is 5.02 Å². The largest absolute Gasteiger partial charge is 0.496 e. The first-order valence-electron chi connectivity index (χ1n) is 8.21. The number of methoxy groups -OCH3 is 3. The quantitative estimate of drug-likeness (QED) is 0.565. The van der Waals surface area contributed by atoms with Crippen LogP contribution >= 0.6 is 11.6 Å². The Hall–Kier alpha value is -2.60. The Balaban J connectivity index is 2.19. The summed E-state index contributed by atoms with van der Waals surface area (Å²) in [5.74, 6) is 2.68. The van der Waals surface area contributed by atoms with E-state index in [0.29, 0.717) is 34.8 Å². The highest BCUT2D eigenvalue weighted by atomic mass is 35.5. The minimum atomic E-state index is 0.447. The van der Waals surface area contributed by atoms with E-state index in [-0.39, 0.29) is 0 Å². The van der Waals surface area contributed by atoms with Crippen molar-refractivity contribution in [2.24, 2.45) is 4.99 Å². The second kappa shape index (κ2) is 9.77. The lowest BCUT2D eigenvalue weighted by atomic mass is 10.2. The van der Waals surface area contributed by atoms with Crippen LogP contribution in [0.3, 0.4) is 0 Å². The average Bonchev–Trinajstić information content (AvgIpc) is 2.66. The van der Waals surface area contributed by atoms with E-state index in [2.05, 4.69) is 15.6 Å². The minimum Gasteiger partial charge on any atom is -0.496 e. The van der Waals surface area contributed by atoms with Crippen LogP contribution in [0.15, 0.2) is 41.4 Å². The summed E-state index contributed by atoms with van der Waals surface area (Å²) < 4.78 is 16.0. The molecule has 0 bridgehead atoms. The third kappa shape index (κ3) is 5.20. The molecule has 2 aromatic rings. The Morgan fingerprint density at radius 3 is 2.35 bits per heavy atom. The molecular formula is C19H24ClN3O3. The van der Waals surface area contributed by atoms with Gasteiger partial charge in [0.05, 0.1) is 27.9 Å². The van der Waals surface area contributed by atoms with Crippen molar-refractivity contribution in [1.29, 1.82) is 0 Å². The van der Waals surface area contributed by atoms with Crippen molar-refractivity contribution >= 4 is 23.2 Å². The standard InChI is InChI=1S/C19H24ClN3O3/c1-5-21-19(22-12-13-6-7-14(20)10-17(13)25-3)23-15-8-9-16(24-2)18(11-15)26-4/h6-11H,5,12H2,1-4H3,(H2,21,22,23). The second-order valence-electron chi connectivity index (χ2n) is 5.35. The van der Waals surface area contributed by atoms with Gasteiger partial charge in [0.15, 0.2) is 17.5 Å². The van der Waals surface area contributed by atoms with E-state index in [0.717, 1.165) is 17.8 Å². The molecule has 0 heterocycles. The van der Waals surface area contributed by atoms with Gasteiger partial charge in [-0.2, -0.15) is 0 Å². The fourth-order valence-corrected chi connectivity index (χ4v) is 2.53. The fraction of sp³-hybridized carbons (Fsp3) is 0.316. The maximum atomic E-state index is 6.01. The van der Waals surface area contributed by atoms with Gasteiger partial charge in [-0.05, 0) is 31.2 Å². The molecule has 0 unspecified atom stereocenters. The van der Waals surface area contributed by atoms with E-state index >= 15 is 0 Å². The molecule has 2 N–H and O–H groups in total. The van der Waals surface area contributed by atoms with Crippen LogP contribution in [0.4, 0.5) is 5.69 Å². The van der Waals surface area contributed by atoms with Crippen LogP contribution in [0, 0.1) is 0 Å². The van der Waals surface area contributed by atoms with Gasteiger partial charge in [0.2, 0.25) is 0 Å². The molecule has 0 aliphatic heterocycles. The third-order valence-corrected chi connectivity index (χ3v) is 3.88. The maximum Gasteiger partial charge on any atom is 0.196 e. The number of halogens is 1. The van der Waals surface area contributed by atoms with Gasteiger partial charge in [-0.25, -0.2) is 4.99 Å². The number of ether oxygens (including phenoxy) is 3. The number of aliphatic imine (C=N–C) groups is 1. The molecule has 6 nitrogen and oxygen atoms in total. The molecule has 0 aliphatic rings. The van der Waals surface area contributed by atoms with Crippen molar-refractivity contribution in [2.45, 2.75) is 13.5 Å². The molecule has 2 rings (SSSR count). The Morgan fingerprint density at radius 1 is 0.962 bits per heavy atom. The molecule has 0 fully saturated rings. The lowest BCUT2D eigenvalue weighted by Gasteiger charge is -2.14. The predicted octanol–water partition coefficient (Wildman–Crippen LogP) is 3.94. The molecule has 140 valence electrons. The lowest BCUT2D eigenvalue weighted by molar-refractivity contribution is 0.355. The summed E-state index contributed by atoms with van der Waals surface area (Å²) in [6.07, 6.45) is 0. The number of rotatable bonds is 7. The first kappa shape index (κ1) is 19.7. The molecule has 26 heavy (non-hydrogen) atoms. The zero-order chi connectivity index (χ0) is 18.9. The van der Waals surface area contributed by atoms with Crippen molar-refractivity contribution in [1.82, 2.24) is 5.32 Å². The predicted molar refractivity (Wildman–Crippen MR) is 106 cm³/mol. The van der Waals surface area contributed by atoms with Crippen LogP contribution in [-0.4, -0.2) is 33.8 Å². The van der Waals surface area contributed by atoms with Crippen LogP contribution < -0.4 is 24.8 Å². The van der Waals surface area contributed by atoms with E-state index in [1.165, 1.54) is 0 Å². The number of hydrogen-bond donors (Lipinski definition) is 2. The molecule has 2 aromatic carbocycles. The molecule has 7 heteroatoms. The molecule has 0 saturated heterocycles. The number of benzene rings is 2. The van der Waals surface area contributed by atoms with Crippen molar-refractivity contribution in [3.63, 3.8) is 0 Å². The molecule has 0 aromatic heterocycles. The molecule has 0 radical (unpaired) electrons. The smallest absolute Gasteiger partial charge is 0.196 e. The molecule has 0 spiro atoms. The molecule has 0 saturated carbocycles. The van der Waals surface area contributed by atoms with E-state index in [1.807, 2.05) is 37.3 Å². The number of guanidine groups is 1. The fourth-order valence-electron chi connectivity index (χ4n) is 2.37. The molecule has 0 atom stereocenters. The second-order valence-corrected chi connectivity index (χ2v) is 5.78. The highest BCUT2D eigenvalue weighted by molar-refractivity contribution is 6.30. The van der Waals surface area contributed by atoms with Gasteiger partial charge in [-0.3, -0.25) is 0 Å². The normalized spacial score (nSPS) is 11.0. The summed E-state index contributed by atoms with van der Waals surface area (Å²) >= 11 is 6.01. The van der Waals surface area contributed by atoms with Gasteiger partial charge in [-0.1, -0.05) is 17.7 Å². The summed E-state index contributed by atoms with van der Waals surface area (Å²) in [7, 11) is 4.83. The van der Waals surface area contributed by atoms with Crippen LogP contribution in [0.25, 0.3) is 0 Å². The molecule has 0 aliphatic carbocycles. The van der Waals surface area contributed by atoms with Crippen LogP contribution in [-0.2, 0) is 6.54 Å². The van der Waals surface area contributed by atoms with E-state index in [1.54, 1.807) is 27.4 Å². The minimum absolute atomic E-state index is 0.447. The highest BCUT2D eigenvalue weighted by Gasteiger charge is 2.07. The van der Waals surface area contributed by atoms with Gasteiger partial charge in [0, 0.05) is 28.9 Å². The van der Waals surface area contributed by atoms with Gasteiger partial charge < -0.3 is 24.8 Å². The maximum absolute atomic E-state index is 6.01. The summed E-state index contributed by atoms with van der Waals surface area (Å²) in [5.41, 5.74) is 1.78. The highest BCUT2D eigenvalue weighted by Crippen LogP contribution is 2.29. The number of anilines is 1. The van der Waals surface area contributed by atoms with Gasteiger partial charge >= 0.3 is 0 Å². The number of nitrogens with one attached hydrogen (secondary N) is 2. The topological polar surface area (TPSA) is 64.1 Å². The van der Waals surface area contributed by atoms with E-state index in [9.17, 15) is 0 Å². The summed E-state index contributed by atoms with van der Waals surface area (Å²) in [6, 6.07) is 11.1. The Morgan fingerprint density at radius 2 is 1.69 bits per heavy atom. The Labute approximate surface area is 159 Å². The number of hydrogen-bond acceptors (Lipinski definition) is 4. The van der Waals surface area contributed by atoms with Crippen LogP contribution in [0.5, 0.6) is 17.2 Å². The number of nitrogens with zero attached hydrogens (tertiary/aromatic N) is 1. The SMILES string of the molecule is CCNC(=NCc1ccc(Cl)cc1OC)Nc1ccc(OC)c(OC)c1. The molecular weight excluding hydrogens is 354 g/mol. The Bertz CT molecular complexity index is 766. The van der Waals surface area contributed by atoms with Crippen molar-refractivity contribution < 1.29 is 14.2 Å². The van der Waals surface area contributed by atoms with Crippen molar-refractivity contribution in [3.8, 4) is 17.2 Å².